The van der Waals surface area contributed by atoms with Gasteiger partial charge in [0.25, 0.3) is 5.91 Å². The summed E-state index contributed by atoms with van der Waals surface area (Å²) in [6.45, 7) is 3.60. The molecule has 28 heavy (non-hydrogen) atoms. The van der Waals surface area contributed by atoms with Crippen LogP contribution in [0.1, 0.15) is 30.1 Å². The Hall–Kier alpha value is -2.08. The molecule has 150 valence electrons. The largest absolute Gasteiger partial charge is 0.338 e. The number of hydrogen-bond acceptors (Lipinski definition) is 3. The molecule has 1 amide bonds. The molecule has 0 saturated carbocycles. The second kappa shape index (κ2) is 9.41. The molecule has 2 unspecified atom stereocenters. The highest BCUT2D eigenvalue weighted by Gasteiger charge is 2.26. The first-order valence-corrected chi connectivity index (χ1v) is 9.21. The number of para-hydroxylation sites is 2. The van der Waals surface area contributed by atoms with Crippen molar-refractivity contribution in [1.82, 2.24) is 14.5 Å². The molecule has 2 heterocycles. The van der Waals surface area contributed by atoms with Crippen molar-refractivity contribution in [2.75, 3.05) is 13.1 Å². The van der Waals surface area contributed by atoms with Crippen LogP contribution in [-0.2, 0) is 0 Å². The number of piperidine rings is 1. The van der Waals surface area contributed by atoms with E-state index in [0.29, 0.717) is 5.92 Å². The van der Waals surface area contributed by atoms with E-state index in [-0.39, 0.29) is 36.8 Å². The van der Waals surface area contributed by atoms with Gasteiger partial charge in [-0.05, 0) is 62.1 Å². The number of benzene rings is 2. The highest BCUT2D eigenvalue weighted by Crippen LogP contribution is 2.22. The van der Waals surface area contributed by atoms with Gasteiger partial charge in [0.15, 0.2) is 0 Å². The second-order valence-corrected chi connectivity index (χ2v) is 7.16. The van der Waals surface area contributed by atoms with E-state index in [9.17, 15) is 4.79 Å². The fourth-order valence-corrected chi connectivity index (χ4v) is 3.74. The lowest BCUT2D eigenvalue weighted by Crippen LogP contribution is -2.45. The van der Waals surface area contributed by atoms with Crippen molar-refractivity contribution in [3.63, 3.8) is 0 Å². The normalized spacial score (nSPS) is 17.5. The first-order valence-electron chi connectivity index (χ1n) is 9.21. The summed E-state index contributed by atoms with van der Waals surface area (Å²) in [6, 6.07) is 15.9. The molecule has 3 aromatic rings. The van der Waals surface area contributed by atoms with Crippen LogP contribution in [0.5, 0.6) is 0 Å². The van der Waals surface area contributed by atoms with Crippen molar-refractivity contribution < 1.29 is 4.79 Å². The van der Waals surface area contributed by atoms with Crippen molar-refractivity contribution in [3.8, 4) is 5.69 Å². The highest BCUT2D eigenvalue weighted by molar-refractivity contribution is 5.94. The van der Waals surface area contributed by atoms with Gasteiger partial charge in [0, 0.05) is 30.4 Å². The average Bonchev–Trinajstić information content (AvgIpc) is 3.12. The number of carbonyl (C=O) groups excluding carboxylic acids is 1. The molecule has 0 radical (unpaired) electrons. The third kappa shape index (κ3) is 4.32. The summed E-state index contributed by atoms with van der Waals surface area (Å²) in [4.78, 5) is 19.2. The number of halogens is 2. The van der Waals surface area contributed by atoms with Crippen LogP contribution < -0.4 is 5.73 Å². The Balaban J connectivity index is 0.00000140. The number of carbonyl (C=O) groups is 1. The molecule has 5 nitrogen and oxygen atoms in total. The summed E-state index contributed by atoms with van der Waals surface area (Å²) >= 11 is 0. The van der Waals surface area contributed by atoms with Gasteiger partial charge in [-0.25, -0.2) is 4.98 Å². The van der Waals surface area contributed by atoms with Crippen molar-refractivity contribution in [2.45, 2.75) is 25.8 Å². The predicted octanol–water partition coefficient (Wildman–Crippen LogP) is 4.07. The highest BCUT2D eigenvalue weighted by atomic mass is 35.5. The number of nitrogens with zero attached hydrogens (tertiary/aromatic N) is 3. The van der Waals surface area contributed by atoms with Crippen LogP contribution in [0.4, 0.5) is 0 Å². The molecule has 0 aliphatic carbocycles. The summed E-state index contributed by atoms with van der Waals surface area (Å²) in [5.41, 5.74) is 9.79. The SMILES string of the molecule is CC(N)C1CCCN(C(=O)c2ccc(-n3cnc4ccccc43)cc2)C1.Cl.Cl. The van der Waals surface area contributed by atoms with E-state index in [1.54, 1.807) is 0 Å². The first-order chi connectivity index (χ1) is 12.6. The summed E-state index contributed by atoms with van der Waals surface area (Å²) in [5, 5.41) is 0. The number of likely N-dealkylation sites (tertiary alicyclic amines) is 1. The van der Waals surface area contributed by atoms with Crippen LogP contribution in [0, 0.1) is 5.92 Å². The van der Waals surface area contributed by atoms with Crippen LogP contribution in [-0.4, -0.2) is 39.5 Å². The number of hydrogen-bond donors (Lipinski definition) is 1. The summed E-state index contributed by atoms with van der Waals surface area (Å²) < 4.78 is 2.04. The zero-order valence-corrected chi connectivity index (χ0v) is 17.5. The standard InChI is InChI=1S/C21H24N4O.2ClH/c1-15(22)17-5-4-12-24(13-17)21(26)16-8-10-18(11-9-16)25-14-23-19-6-2-3-7-20(19)25;;/h2-3,6-11,14-15,17H,4-5,12-13,22H2,1H3;2*1H. The molecule has 0 spiro atoms. The third-order valence-electron chi connectivity index (χ3n) is 5.33. The summed E-state index contributed by atoms with van der Waals surface area (Å²) in [7, 11) is 0. The Bertz CT molecular complexity index is 924. The van der Waals surface area contributed by atoms with Gasteiger partial charge in [-0.15, -0.1) is 24.8 Å². The Kier molecular flexibility index (Phi) is 7.47. The van der Waals surface area contributed by atoms with Crippen LogP contribution in [0.15, 0.2) is 54.9 Å². The van der Waals surface area contributed by atoms with Gasteiger partial charge in [0.1, 0.15) is 6.33 Å². The molecular weight excluding hydrogens is 395 g/mol. The molecule has 1 fully saturated rings. The van der Waals surface area contributed by atoms with Crippen LogP contribution in [0.3, 0.4) is 0 Å². The van der Waals surface area contributed by atoms with Gasteiger partial charge in [0.05, 0.1) is 11.0 Å². The van der Waals surface area contributed by atoms with E-state index < -0.39 is 0 Å². The van der Waals surface area contributed by atoms with Gasteiger partial charge in [-0.1, -0.05) is 12.1 Å². The third-order valence-corrected chi connectivity index (χ3v) is 5.33. The van der Waals surface area contributed by atoms with Crippen molar-refractivity contribution in [1.29, 1.82) is 0 Å². The maximum atomic E-state index is 12.8. The maximum absolute atomic E-state index is 12.8. The molecule has 2 aromatic carbocycles. The molecule has 2 N–H and O–H groups in total. The lowest BCUT2D eigenvalue weighted by atomic mass is 9.92. The number of fused-ring (bicyclic) bond motifs is 1. The van der Waals surface area contributed by atoms with Crippen LogP contribution in [0.25, 0.3) is 16.7 Å². The predicted molar refractivity (Wildman–Crippen MR) is 118 cm³/mol. The van der Waals surface area contributed by atoms with E-state index in [2.05, 4.69) is 4.98 Å². The molecule has 0 bridgehead atoms. The fraction of sp³-hybridized carbons (Fsp3) is 0.333. The van der Waals surface area contributed by atoms with Gasteiger partial charge in [0.2, 0.25) is 0 Å². The van der Waals surface area contributed by atoms with Gasteiger partial charge < -0.3 is 10.6 Å². The molecule has 2 atom stereocenters. The van der Waals surface area contributed by atoms with E-state index >= 15 is 0 Å². The quantitative estimate of drug-likeness (QED) is 0.694. The summed E-state index contributed by atoms with van der Waals surface area (Å²) in [5.74, 6) is 0.488. The Morgan fingerprint density at radius 1 is 1.14 bits per heavy atom. The lowest BCUT2D eigenvalue weighted by Gasteiger charge is -2.34. The number of rotatable bonds is 3. The van der Waals surface area contributed by atoms with E-state index in [4.69, 9.17) is 5.73 Å². The van der Waals surface area contributed by atoms with Gasteiger partial charge in [-0.3, -0.25) is 9.36 Å². The van der Waals surface area contributed by atoms with E-state index in [1.165, 1.54) is 0 Å². The van der Waals surface area contributed by atoms with E-state index in [0.717, 1.165) is 48.2 Å². The fourth-order valence-electron chi connectivity index (χ4n) is 3.74. The minimum absolute atomic E-state index is 0. The zero-order chi connectivity index (χ0) is 18.1. The summed E-state index contributed by atoms with van der Waals surface area (Å²) in [6.07, 6.45) is 3.95. The zero-order valence-electron chi connectivity index (χ0n) is 15.8. The second-order valence-electron chi connectivity index (χ2n) is 7.16. The minimum Gasteiger partial charge on any atom is -0.338 e. The Morgan fingerprint density at radius 3 is 2.57 bits per heavy atom. The van der Waals surface area contributed by atoms with Crippen molar-refractivity contribution in [3.05, 3.63) is 60.4 Å². The maximum Gasteiger partial charge on any atom is 0.253 e. The number of amides is 1. The van der Waals surface area contributed by atoms with Crippen LogP contribution >= 0.6 is 24.8 Å². The van der Waals surface area contributed by atoms with Crippen LogP contribution in [0.2, 0.25) is 0 Å². The van der Waals surface area contributed by atoms with E-state index in [1.807, 2.05) is 71.2 Å². The molecule has 1 saturated heterocycles. The number of nitrogens with two attached hydrogens (primary N) is 1. The van der Waals surface area contributed by atoms with Gasteiger partial charge in [-0.2, -0.15) is 0 Å². The molecule has 1 aliphatic rings. The topological polar surface area (TPSA) is 64.2 Å². The molecular formula is C21H26Cl2N4O. The Morgan fingerprint density at radius 2 is 1.86 bits per heavy atom. The average molecular weight is 421 g/mol. The molecule has 4 rings (SSSR count). The Labute approximate surface area is 177 Å². The molecule has 1 aromatic heterocycles. The van der Waals surface area contributed by atoms with Gasteiger partial charge >= 0.3 is 0 Å². The molecule has 7 heteroatoms. The number of aromatic nitrogens is 2. The van der Waals surface area contributed by atoms with Crippen molar-refractivity contribution in [2.24, 2.45) is 11.7 Å². The number of imidazole rings is 1. The smallest absolute Gasteiger partial charge is 0.253 e. The first kappa shape index (κ1) is 22.2. The van der Waals surface area contributed by atoms with Crippen molar-refractivity contribution >= 4 is 41.8 Å². The minimum atomic E-state index is 0. The lowest BCUT2D eigenvalue weighted by molar-refractivity contribution is 0.0661. The molecule has 1 aliphatic heterocycles. The monoisotopic (exact) mass is 420 g/mol.